The van der Waals surface area contributed by atoms with Gasteiger partial charge in [-0.2, -0.15) is 4.98 Å². The predicted molar refractivity (Wildman–Crippen MR) is 104 cm³/mol. The Kier molecular flexibility index (Phi) is 5.29. The van der Waals surface area contributed by atoms with E-state index in [0.29, 0.717) is 17.0 Å². The van der Waals surface area contributed by atoms with Crippen LogP contribution in [0.15, 0.2) is 22.7 Å². The monoisotopic (exact) mass is 405 g/mol. The normalized spacial score (nSPS) is 18.8. The summed E-state index contributed by atoms with van der Waals surface area (Å²) in [5.74, 6) is -0.731. The highest BCUT2D eigenvalue weighted by molar-refractivity contribution is 5.89. The molecule has 1 aliphatic heterocycles. The molecule has 2 heterocycles. The number of carbonyl (C=O) groups is 1. The maximum Gasteiger partial charge on any atom is 0.315 e. The quantitative estimate of drug-likeness (QED) is 0.826. The first-order chi connectivity index (χ1) is 13.3. The van der Waals surface area contributed by atoms with E-state index in [9.17, 15) is 9.18 Å². The minimum absolute atomic E-state index is 0.0124. The molecule has 0 atom stereocenters. The molecule has 0 radical (unpaired) electrons. The zero-order chi connectivity index (χ0) is 21.6. The van der Waals surface area contributed by atoms with Crippen molar-refractivity contribution in [3.8, 4) is 0 Å². The van der Waals surface area contributed by atoms with Crippen LogP contribution in [0.1, 0.15) is 82.4 Å². The van der Waals surface area contributed by atoms with Gasteiger partial charge in [0.2, 0.25) is 0 Å². The molecule has 1 aromatic carbocycles. The summed E-state index contributed by atoms with van der Waals surface area (Å²) >= 11 is 0. The first kappa shape index (κ1) is 21.4. The smallest absolute Gasteiger partial charge is 0.315 e. The second-order valence-corrected chi connectivity index (χ2v) is 9.29. The van der Waals surface area contributed by atoms with Crippen molar-refractivity contribution in [3.63, 3.8) is 0 Å². The van der Waals surface area contributed by atoms with E-state index in [1.807, 2.05) is 48.5 Å². The van der Waals surface area contributed by atoms with E-state index in [1.54, 1.807) is 12.1 Å². The number of hydrogen-bond acceptors (Lipinski definition) is 6. The molecule has 2 aromatic rings. The molecule has 8 heteroatoms. The lowest BCUT2D eigenvalue weighted by molar-refractivity contribution is -0.0897. The molecule has 158 valence electrons. The number of nitrogens with one attached hydrogen (secondary N) is 1. The van der Waals surface area contributed by atoms with Crippen molar-refractivity contribution in [2.45, 2.75) is 77.9 Å². The minimum atomic E-state index is -0.646. The Morgan fingerprint density at radius 1 is 1.17 bits per heavy atom. The van der Waals surface area contributed by atoms with Crippen LogP contribution < -0.4 is 5.32 Å². The summed E-state index contributed by atoms with van der Waals surface area (Å²) in [6.07, 6.45) is -0.646. The van der Waals surface area contributed by atoms with Crippen LogP contribution in [-0.2, 0) is 21.4 Å². The molecular formula is C21H28FN3O4. The van der Waals surface area contributed by atoms with E-state index in [0.717, 1.165) is 0 Å². The summed E-state index contributed by atoms with van der Waals surface area (Å²) in [5, 5.41) is 6.41. The number of halogens is 1. The number of aromatic nitrogens is 2. The SMILES string of the molecule is CC(C)(C)c1noc(C(=O)NCc2ccc(C3OC(C)(C)C(C)(C)O3)cc2F)n1. The predicted octanol–water partition coefficient (Wildman–Crippen LogP) is 4.04. The van der Waals surface area contributed by atoms with Crippen LogP contribution in [0.2, 0.25) is 0 Å². The topological polar surface area (TPSA) is 86.5 Å². The van der Waals surface area contributed by atoms with Gasteiger partial charge in [-0.15, -0.1) is 0 Å². The second kappa shape index (κ2) is 7.18. The van der Waals surface area contributed by atoms with Crippen LogP contribution >= 0.6 is 0 Å². The number of benzene rings is 1. The van der Waals surface area contributed by atoms with E-state index in [4.69, 9.17) is 14.0 Å². The zero-order valence-corrected chi connectivity index (χ0v) is 17.9. The Balaban J connectivity index is 1.66. The summed E-state index contributed by atoms with van der Waals surface area (Å²) in [5.41, 5.74) is -0.428. The van der Waals surface area contributed by atoms with Gasteiger partial charge in [0.25, 0.3) is 0 Å². The third-order valence-corrected chi connectivity index (χ3v) is 5.33. The highest BCUT2D eigenvalue weighted by atomic mass is 19.1. The molecule has 3 rings (SSSR count). The summed E-state index contributed by atoms with van der Waals surface area (Å²) in [6.45, 7) is 13.5. The maximum atomic E-state index is 14.6. The van der Waals surface area contributed by atoms with Gasteiger partial charge >= 0.3 is 11.8 Å². The number of hydrogen-bond donors (Lipinski definition) is 1. The molecule has 0 spiro atoms. The fourth-order valence-electron chi connectivity index (χ4n) is 2.70. The van der Waals surface area contributed by atoms with Gasteiger partial charge in [-0.25, -0.2) is 4.39 Å². The maximum absolute atomic E-state index is 14.6. The lowest BCUT2D eigenvalue weighted by Crippen LogP contribution is -2.41. The number of amides is 1. The van der Waals surface area contributed by atoms with Gasteiger partial charge in [-0.3, -0.25) is 4.79 Å². The van der Waals surface area contributed by atoms with Gasteiger partial charge in [0.1, 0.15) is 5.82 Å². The van der Waals surface area contributed by atoms with Crippen LogP contribution in [0, 0.1) is 5.82 Å². The Morgan fingerprint density at radius 3 is 2.31 bits per heavy atom. The standard InChI is InChI=1S/C21H28FN3O4/c1-19(2,3)18-24-16(29-25-18)15(26)23-11-13-9-8-12(10-14(13)22)17-27-20(4,5)21(6,7)28-17/h8-10,17H,11H2,1-7H3,(H,23,26). The van der Waals surface area contributed by atoms with Crippen molar-refractivity contribution >= 4 is 5.91 Å². The molecule has 1 aromatic heterocycles. The van der Waals surface area contributed by atoms with Crippen LogP contribution in [0.4, 0.5) is 4.39 Å². The van der Waals surface area contributed by atoms with Gasteiger partial charge in [0.15, 0.2) is 12.1 Å². The molecule has 1 aliphatic rings. The Morgan fingerprint density at radius 2 is 1.79 bits per heavy atom. The van der Waals surface area contributed by atoms with Crippen LogP contribution in [0.5, 0.6) is 0 Å². The molecule has 1 saturated heterocycles. The molecule has 0 saturated carbocycles. The lowest BCUT2D eigenvalue weighted by Gasteiger charge is -2.30. The van der Waals surface area contributed by atoms with Crippen molar-refractivity contribution in [2.75, 3.05) is 0 Å². The van der Waals surface area contributed by atoms with Crippen LogP contribution in [0.25, 0.3) is 0 Å². The number of carbonyl (C=O) groups excluding carboxylic acids is 1. The van der Waals surface area contributed by atoms with Crippen molar-refractivity contribution in [1.29, 1.82) is 0 Å². The average Bonchev–Trinajstić information content (AvgIpc) is 3.16. The van der Waals surface area contributed by atoms with Gasteiger partial charge in [0, 0.05) is 23.1 Å². The average molecular weight is 405 g/mol. The highest BCUT2D eigenvalue weighted by Gasteiger charge is 2.49. The molecule has 0 unspecified atom stereocenters. The van der Waals surface area contributed by atoms with E-state index in [2.05, 4.69) is 15.5 Å². The van der Waals surface area contributed by atoms with Crippen LogP contribution in [0.3, 0.4) is 0 Å². The fourth-order valence-corrected chi connectivity index (χ4v) is 2.70. The van der Waals surface area contributed by atoms with Crippen LogP contribution in [-0.4, -0.2) is 27.2 Å². The van der Waals surface area contributed by atoms with Gasteiger partial charge in [-0.05, 0) is 33.8 Å². The zero-order valence-electron chi connectivity index (χ0n) is 17.9. The third-order valence-electron chi connectivity index (χ3n) is 5.33. The van der Waals surface area contributed by atoms with E-state index in [1.165, 1.54) is 6.07 Å². The molecule has 0 aliphatic carbocycles. The van der Waals surface area contributed by atoms with Gasteiger partial charge in [-0.1, -0.05) is 38.1 Å². The molecule has 1 amide bonds. The summed E-state index contributed by atoms with van der Waals surface area (Å²) < 4.78 is 31.5. The lowest BCUT2D eigenvalue weighted by atomic mass is 9.90. The molecule has 1 N–H and O–H groups in total. The second-order valence-electron chi connectivity index (χ2n) is 9.29. The summed E-state index contributed by atoms with van der Waals surface area (Å²) in [4.78, 5) is 16.3. The largest absolute Gasteiger partial charge is 0.344 e. The van der Waals surface area contributed by atoms with E-state index >= 15 is 0 Å². The number of nitrogens with zero attached hydrogens (tertiary/aromatic N) is 2. The number of rotatable bonds is 4. The number of ether oxygens (including phenoxy) is 2. The van der Waals surface area contributed by atoms with Gasteiger partial charge < -0.3 is 19.3 Å². The van der Waals surface area contributed by atoms with Crippen molar-refractivity contribution < 1.29 is 23.2 Å². The summed E-state index contributed by atoms with van der Waals surface area (Å²) in [6, 6.07) is 4.70. The Bertz CT molecular complexity index is 899. The van der Waals surface area contributed by atoms with Crippen molar-refractivity contribution in [1.82, 2.24) is 15.5 Å². The molecule has 0 bridgehead atoms. The third kappa shape index (κ3) is 4.33. The first-order valence-corrected chi connectivity index (χ1v) is 9.56. The highest BCUT2D eigenvalue weighted by Crippen LogP contribution is 2.44. The minimum Gasteiger partial charge on any atom is -0.344 e. The fraction of sp³-hybridized carbons (Fsp3) is 0.571. The van der Waals surface area contributed by atoms with Crippen molar-refractivity contribution in [3.05, 3.63) is 46.9 Å². The molecule has 1 fully saturated rings. The van der Waals surface area contributed by atoms with Crippen molar-refractivity contribution in [2.24, 2.45) is 0 Å². The van der Waals surface area contributed by atoms with E-state index in [-0.39, 0.29) is 17.9 Å². The Hall–Kier alpha value is -2.32. The van der Waals surface area contributed by atoms with E-state index < -0.39 is 29.2 Å². The summed E-state index contributed by atoms with van der Waals surface area (Å²) in [7, 11) is 0. The molecular weight excluding hydrogens is 377 g/mol. The molecule has 7 nitrogen and oxygen atoms in total. The Labute approximate surface area is 170 Å². The molecule has 29 heavy (non-hydrogen) atoms. The first-order valence-electron chi connectivity index (χ1n) is 9.56. The van der Waals surface area contributed by atoms with Gasteiger partial charge in [0.05, 0.1) is 11.2 Å².